The average molecular weight is 308 g/mol. The van der Waals surface area contributed by atoms with Gasteiger partial charge in [-0.15, -0.1) is 0 Å². The summed E-state index contributed by atoms with van der Waals surface area (Å²) in [6.07, 6.45) is 2.07. The van der Waals surface area contributed by atoms with E-state index in [2.05, 4.69) is 5.32 Å². The number of rotatable bonds is 4. The number of anilines is 2. The van der Waals surface area contributed by atoms with Gasteiger partial charge in [-0.25, -0.2) is 0 Å². The Morgan fingerprint density at radius 1 is 1.04 bits per heavy atom. The first-order valence-corrected chi connectivity index (χ1v) is 7.83. The Morgan fingerprint density at radius 3 is 2.26 bits per heavy atom. The minimum Gasteiger partial charge on any atom is -0.326 e. The van der Waals surface area contributed by atoms with Gasteiger partial charge >= 0.3 is 0 Å². The first-order valence-electron chi connectivity index (χ1n) is 7.83. The van der Waals surface area contributed by atoms with Crippen molar-refractivity contribution in [2.45, 2.75) is 32.7 Å². The van der Waals surface area contributed by atoms with Crippen LogP contribution < -0.4 is 10.2 Å². The van der Waals surface area contributed by atoms with Crippen LogP contribution in [0.4, 0.5) is 11.4 Å². The second kappa shape index (κ2) is 6.24. The molecule has 0 aliphatic heterocycles. The first-order chi connectivity index (χ1) is 11.1. The van der Waals surface area contributed by atoms with E-state index in [1.54, 1.807) is 0 Å². The van der Waals surface area contributed by atoms with Crippen LogP contribution in [-0.4, -0.2) is 17.9 Å². The molecule has 1 fully saturated rings. The van der Waals surface area contributed by atoms with Gasteiger partial charge in [0, 0.05) is 29.9 Å². The molecule has 0 atom stereocenters. The van der Waals surface area contributed by atoms with Gasteiger partial charge in [-0.2, -0.15) is 0 Å². The van der Waals surface area contributed by atoms with E-state index in [0.29, 0.717) is 0 Å². The monoisotopic (exact) mass is 308 g/mol. The van der Waals surface area contributed by atoms with E-state index in [1.165, 1.54) is 6.92 Å². The van der Waals surface area contributed by atoms with Crippen molar-refractivity contribution >= 4 is 23.2 Å². The van der Waals surface area contributed by atoms with Crippen LogP contribution in [0.25, 0.3) is 0 Å². The fourth-order valence-electron chi connectivity index (χ4n) is 2.68. The van der Waals surface area contributed by atoms with Crippen LogP contribution in [0.5, 0.6) is 0 Å². The molecule has 4 nitrogen and oxygen atoms in total. The number of carbonyl (C=O) groups is 2. The molecule has 3 rings (SSSR count). The lowest BCUT2D eigenvalue weighted by molar-refractivity contribution is -0.114. The zero-order valence-electron chi connectivity index (χ0n) is 13.4. The van der Waals surface area contributed by atoms with Crippen LogP contribution in [0.3, 0.4) is 0 Å². The third-order valence-corrected chi connectivity index (χ3v) is 3.97. The predicted octanol–water partition coefficient (Wildman–Crippen LogP) is 3.76. The maximum atomic E-state index is 13.0. The highest BCUT2D eigenvalue weighted by Gasteiger charge is 2.34. The van der Waals surface area contributed by atoms with Crippen LogP contribution >= 0.6 is 0 Å². The van der Waals surface area contributed by atoms with Crippen LogP contribution in [0, 0.1) is 6.92 Å². The Labute approximate surface area is 136 Å². The molecule has 1 N–H and O–H groups in total. The van der Waals surface area contributed by atoms with Crippen molar-refractivity contribution in [3.05, 3.63) is 59.7 Å². The maximum Gasteiger partial charge on any atom is 0.258 e. The van der Waals surface area contributed by atoms with E-state index in [0.717, 1.165) is 35.3 Å². The molecule has 23 heavy (non-hydrogen) atoms. The number of nitrogens with zero attached hydrogens (tertiary/aromatic N) is 1. The van der Waals surface area contributed by atoms with Gasteiger partial charge in [-0.3, -0.25) is 9.59 Å². The lowest BCUT2D eigenvalue weighted by Crippen LogP contribution is -2.33. The molecule has 0 spiro atoms. The van der Waals surface area contributed by atoms with Crippen LogP contribution in [0.2, 0.25) is 0 Å². The lowest BCUT2D eigenvalue weighted by Gasteiger charge is -2.23. The molecule has 2 aromatic carbocycles. The minimum atomic E-state index is -0.104. The molecule has 2 amide bonds. The molecule has 0 bridgehead atoms. The van der Waals surface area contributed by atoms with Gasteiger partial charge in [0.25, 0.3) is 5.91 Å². The van der Waals surface area contributed by atoms with Crippen molar-refractivity contribution in [2.75, 3.05) is 10.2 Å². The summed E-state index contributed by atoms with van der Waals surface area (Å²) in [5, 5.41) is 2.74. The normalized spacial score (nSPS) is 13.5. The van der Waals surface area contributed by atoms with Crippen molar-refractivity contribution in [2.24, 2.45) is 0 Å². The molecule has 2 aromatic rings. The van der Waals surface area contributed by atoms with Gasteiger partial charge in [0.1, 0.15) is 0 Å². The smallest absolute Gasteiger partial charge is 0.258 e. The third kappa shape index (κ3) is 3.42. The fraction of sp³-hybridized carbons (Fsp3) is 0.263. The topological polar surface area (TPSA) is 49.4 Å². The first kappa shape index (κ1) is 15.3. The van der Waals surface area contributed by atoms with E-state index >= 15 is 0 Å². The highest BCUT2D eigenvalue weighted by molar-refractivity contribution is 6.07. The molecule has 1 saturated carbocycles. The number of hydrogen-bond donors (Lipinski definition) is 1. The van der Waals surface area contributed by atoms with Crippen molar-refractivity contribution in [1.82, 2.24) is 0 Å². The molecule has 0 aromatic heterocycles. The van der Waals surface area contributed by atoms with Gasteiger partial charge in [0.15, 0.2) is 0 Å². The minimum absolute atomic E-state index is 0.0397. The van der Waals surface area contributed by atoms with E-state index in [1.807, 2.05) is 60.4 Å². The molecule has 0 saturated heterocycles. The largest absolute Gasteiger partial charge is 0.326 e. The number of nitrogens with one attached hydrogen (secondary N) is 1. The van der Waals surface area contributed by atoms with Crippen molar-refractivity contribution < 1.29 is 9.59 Å². The average Bonchev–Trinajstić information content (AvgIpc) is 3.34. The Hall–Kier alpha value is -2.62. The summed E-state index contributed by atoms with van der Waals surface area (Å²) in [6, 6.07) is 15.4. The number of hydrogen-bond acceptors (Lipinski definition) is 2. The zero-order chi connectivity index (χ0) is 16.4. The number of amides is 2. The second-order valence-corrected chi connectivity index (χ2v) is 5.95. The van der Waals surface area contributed by atoms with Crippen LogP contribution in [-0.2, 0) is 4.79 Å². The molecule has 0 heterocycles. The van der Waals surface area contributed by atoms with Gasteiger partial charge in [0.2, 0.25) is 5.91 Å². The summed E-state index contributed by atoms with van der Waals surface area (Å²) >= 11 is 0. The lowest BCUT2D eigenvalue weighted by atomic mass is 10.1. The molecule has 0 unspecified atom stereocenters. The maximum absolute atomic E-state index is 13.0. The molecule has 118 valence electrons. The Balaban J connectivity index is 1.89. The Bertz CT molecular complexity index is 733. The molecule has 0 radical (unpaired) electrons. The Kier molecular flexibility index (Phi) is 4.15. The van der Waals surface area contributed by atoms with Gasteiger partial charge in [-0.05, 0) is 55.7 Å². The van der Waals surface area contributed by atoms with E-state index in [-0.39, 0.29) is 17.9 Å². The molecule has 1 aliphatic rings. The van der Waals surface area contributed by atoms with E-state index in [9.17, 15) is 9.59 Å². The predicted molar refractivity (Wildman–Crippen MR) is 91.8 cm³/mol. The second-order valence-electron chi connectivity index (χ2n) is 5.95. The van der Waals surface area contributed by atoms with Gasteiger partial charge in [0.05, 0.1) is 0 Å². The zero-order valence-corrected chi connectivity index (χ0v) is 13.4. The van der Waals surface area contributed by atoms with Crippen molar-refractivity contribution in [1.29, 1.82) is 0 Å². The molecular formula is C19H20N2O2. The number of carbonyl (C=O) groups excluding carboxylic acids is 2. The quantitative estimate of drug-likeness (QED) is 0.935. The Morgan fingerprint density at radius 2 is 1.70 bits per heavy atom. The van der Waals surface area contributed by atoms with Crippen molar-refractivity contribution in [3.8, 4) is 0 Å². The van der Waals surface area contributed by atoms with Crippen LogP contribution in [0.1, 0.15) is 35.7 Å². The summed E-state index contributed by atoms with van der Waals surface area (Å²) in [4.78, 5) is 25.9. The standard InChI is InChI=1S/C19H20N2O2/c1-13-5-3-4-6-18(13)19(23)21(17-11-12-17)16-9-7-15(8-10-16)20-14(2)22/h3-10,17H,11-12H2,1-2H3,(H,20,22). The summed E-state index contributed by atoms with van der Waals surface area (Å²) in [7, 11) is 0. The highest BCUT2D eigenvalue weighted by Crippen LogP contribution is 2.34. The third-order valence-electron chi connectivity index (χ3n) is 3.97. The fourth-order valence-corrected chi connectivity index (χ4v) is 2.68. The summed E-state index contributed by atoms with van der Waals surface area (Å²) in [5.74, 6) is -0.0642. The highest BCUT2D eigenvalue weighted by atomic mass is 16.2. The number of aryl methyl sites for hydroxylation is 1. The van der Waals surface area contributed by atoms with Gasteiger partial charge < -0.3 is 10.2 Å². The summed E-state index contributed by atoms with van der Waals surface area (Å²) in [6.45, 7) is 3.43. The molecular weight excluding hydrogens is 288 g/mol. The molecule has 4 heteroatoms. The van der Waals surface area contributed by atoms with Crippen molar-refractivity contribution in [3.63, 3.8) is 0 Å². The number of benzene rings is 2. The SMILES string of the molecule is CC(=O)Nc1ccc(N(C(=O)c2ccccc2C)C2CC2)cc1. The molecule has 1 aliphatic carbocycles. The summed E-state index contributed by atoms with van der Waals surface area (Å²) < 4.78 is 0. The van der Waals surface area contributed by atoms with Crippen LogP contribution in [0.15, 0.2) is 48.5 Å². The van der Waals surface area contributed by atoms with E-state index in [4.69, 9.17) is 0 Å². The van der Waals surface area contributed by atoms with E-state index < -0.39 is 0 Å². The van der Waals surface area contributed by atoms with Gasteiger partial charge in [-0.1, -0.05) is 18.2 Å². The summed E-state index contributed by atoms with van der Waals surface area (Å²) in [5.41, 5.74) is 3.33.